The molecule has 2 aliphatic heterocycles. The summed E-state index contributed by atoms with van der Waals surface area (Å²) < 4.78 is 0. The van der Waals surface area contributed by atoms with Crippen LogP contribution in [0, 0.1) is 0 Å². The van der Waals surface area contributed by atoms with Gasteiger partial charge in [-0.05, 0) is 54.8 Å². The molecule has 5 rings (SSSR count). The van der Waals surface area contributed by atoms with E-state index in [4.69, 9.17) is 23.2 Å². The molecule has 0 unspecified atom stereocenters. The highest BCUT2D eigenvalue weighted by Gasteiger charge is 2.30. The SMILES string of the molecule is O=C1c2cnc(Nc3ccc4c(c3)CCCNC4)nc2SCN1c1c(Cl)cccc1Cl. The summed E-state index contributed by atoms with van der Waals surface area (Å²) in [5.74, 6) is 0.625. The smallest absolute Gasteiger partial charge is 0.263 e. The molecule has 9 heteroatoms. The molecule has 0 fully saturated rings. The van der Waals surface area contributed by atoms with Gasteiger partial charge in [0.15, 0.2) is 0 Å². The van der Waals surface area contributed by atoms with Crippen molar-refractivity contribution >= 4 is 58.2 Å². The number of nitrogens with one attached hydrogen (secondary N) is 2. The van der Waals surface area contributed by atoms with Gasteiger partial charge in [-0.15, -0.1) is 0 Å². The summed E-state index contributed by atoms with van der Waals surface area (Å²) >= 11 is 14.0. The van der Waals surface area contributed by atoms with Gasteiger partial charge in [0, 0.05) is 18.4 Å². The first-order valence-corrected chi connectivity index (χ1v) is 11.7. The Balaban J connectivity index is 1.39. The number of anilines is 3. The topological polar surface area (TPSA) is 70.1 Å². The van der Waals surface area contributed by atoms with Gasteiger partial charge < -0.3 is 10.6 Å². The molecule has 0 bridgehead atoms. The minimum atomic E-state index is -0.215. The number of rotatable bonds is 3. The first-order valence-electron chi connectivity index (χ1n) is 9.95. The number of amides is 1. The molecule has 2 N–H and O–H groups in total. The number of hydrogen-bond acceptors (Lipinski definition) is 6. The Morgan fingerprint density at radius 2 is 1.97 bits per heavy atom. The number of carbonyl (C=O) groups is 1. The number of halogens is 2. The van der Waals surface area contributed by atoms with Crippen LogP contribution in [0.4, 0.5) is 17.3 Å². The second kappa shape index (κ2) is 8.67. The number of para-hydroxylation sites is 1. The summed E-state index contributed by atoms with van der Waals surface area (Å²) in [5.41, 5.74) is 4.55. The van der Waals surface area contributed by atoms with Crippen molar-refractivity contribution in [3.63, 3.8) is 0 Å². The fourth-order valence-corrected chi connectivity index (χ4v) is 5.34. The van der Waals surface area contributed by atoms with Crippen LogP contribution in [0.25, 0.3) is 0 Å². The van der Waals surface area contributed by atoms with E-state index in [9.17, 15) is 4.79 Å². The van der Waals surface area contributed by atoms with Crippen molar-refractivity contribution in [2.75, 3.05) is 22.6 Å². The molecule has 0 saturated carbocycles. The number of hydrogen-bond donors (Lipinski definition) is 2. The predicted molar refractivity (Wildman–Crippen MR) is 126 cm³/mol. The van der Waals surface area contributed by atoms with Gasteiger partial charge in [0.05, 0.1) is 27.2 Å². The lowest BCUT2D eigenvalue weighted by atomic mass is 10.0. The third-order valence-electron chi connectivity index (χ3n) is 5.34. The Kier molecular flexibility index (Phi) is 5.75. The minimum absolute atomic E-state index is 0.215. The van der Waals surface area contributed by atoms with E-state index >= 15 is 0 Å². The van der Waals surface area contributed by atoms with E-state index in [0.29, 0.717) is 38.1 Å². The number of carbonyl (C=O) groups excluding carboxylic acids is 1. The Bertz CT molecular complexity index is 1150. The average Bonchev–Trinajstić information content (AvgIpc) is 3.00. The molecule has 0 atom stereocenters. The quantitative estimate of drug-likeness (QED) is 0.506. The van der Waals surface area contributed by atoms with Crippen LogP contribution in [0.3, 0.4) is 0 Å². The van der Waals surface area contributed by atoms with E-state index in [0.717, 1.165) is 31.6 Å². The van der Waals surface area contributed by atoms with Crippen molar-refractivity contribution in [3.8, 4) is 0 Å². The number of benzene rings is 2. The molecule has 0 saturated heterocycles. The monoisotopic (exact) mass is 471 g/mol. The van der Waals surface area contributed by atoms with E-state index in [1.165, 1.54) is 22.9 Å². The zero-order valence-electron chi connectivity index (χ0n) is 16.5. The molecule has 0 radical (unpaired) electrons. The van der Waals surface area contributed by atoms with Crippen molar-refractivity contribution in [1.29, 1.82) is 0 Å². The summed E-state index contributed by atoms with van der Waals surface area (Å²) in [6.07, 6.45) is 3.73. The van der Waals surface area contributed by atoms with Gasteiger partial charge in [-0.25, -0.2) is 9.97 Å². The third kappa shape index (κ3) is 4.11. The highest BCUT2D eigenvalue weighted by Crippen LogP contribution is 2.39. The lowest BCUT2D eigenvalue weighted by molar-refractivity contribution is 0.0985. The van der Waals surface area contributed by atoms with Gasteiger partial charge in [-0.1, -0.05) is 47.1 Å². The number of aryl methyl sites for hydroxylation is 1. The summed E-state index contributed by atoms with van der Waals surface area (Å²) in [6.45, 7) is 1.93. The van der Waals surface area contributed by atoms with Crippen LogP contribution in [-0.2, 0) is 13.0 Å². The standard InChI is InChI=1S/C22H19Cl2N5OS/c23-17-4-1-5-18(24)19(17)29-12-31-20-16(21(29)30)11-26-22(28-20)27-15-7-6-14-10-25-8-2-3-13(14)9-15/h1,4-7,9,11,25H,2-3,8,10,12H2,(H,26,27,28). The Hall–Kier alpha value is -2.32. The first-order chi connectivity index (χ1) is 15.1. The molecular weight excluding hydrogens is 453 g/mol. The van der Waals surface area contributed by atoms with Crippen molar-refractivity contribution < 1.29 is 4.79 Å². The highest BCUT2D eigenvalue weighted by molar-refractivity contribution is 7.99. The maximum absolute atomic E-state index is 13.1. The predicted octanol–water partition coefficient (Wildman–Crippen LogP) is 5.27. The van der Waals surface area contributed by atoms with Crippen LogP contribution in [0.2, 0.25) is 10.0 Å². The molecule has 1 aromatic heterocycles. The maximum Gasteiger partial charge on any atom is 0.263 e. The molecule has 3 aromatic rings. The molecule has 3 heterocycles. The van der Waals surface area contributed by atoms with Gasteiger partial charge in [-0.2, -0.15) is 0 Å². The Morgan fingerprint density at radius 1 is 1.13 bits per heavy atom. The van der Waals surface area contributed by atoms with E-state index in [1.807, 2.05) is 6.07 Å². The van der Waals surface area contributed by atoms with Crippen LogP contribution >= 0.6 is 35.0 Å². The van der Waals surface area contributed by atoms with E-state index in [-0.39, 0.29) is 5.91 Å². The Labute approximate surface area is 194 Å². The van der Waals surface area contributed by atoms with Crippen molar-refractivity contribution in [3.05, 3.63) is 69.3 Å². The minimum Gasteiger partial charge on any atom is -0.324 e. The molecule has 6 nitrogen and oxygen atoms in total. The molecule has 2 aliphatic rings. The van der Waals surface area contributed by atoms with E-state index in [2.05, 4.69) is 32.7 Å². The molecule has 0 spiro atoms. The van der Waals surface area contributed by atoms with Crippen LogP contribution in [0.15, 0.2) is 47.6 Å². The normalized spacial score (nSPS) is 15.8. The average molecular weight is 472 g/mol. The van der Waals surface area contributed by atoms with Crippen LogP contribution in [-0.4, -0.2) is 28.3 Å². The fourth-order valence-electron chi connectivity index (χ4n) is 3.79. The molecule has 1 amide bonds. The molecule has 31 heavy (non-hydrogen) atoms. The summed E-state index contributed by atoms with van der Waals surface area (Å²) in [4.78, 5) is 23.6. The number of nitrogens with zero attached hydrogens (tertiary/aromatic N) is 3. The molecule has 158 valence electrons. The van der Waals surface area contributed by atoms with Crippen LogP contribution < -0.4 is 15.5 Å². The summed E-state index contributed by atoms with van der Waals surface area (Å²) in [7, 11) is 0. The van der Waals surface area contributed by atoms with Crippen molar-refractivity contribution in [1.82, 2.24) is 15.3 Å². The fraction of sp³-hybridized carbons (Fsp3) is 0.227. The van der Waals surface area contributed by atoms with Gasteiger partial charge in [0.2, 0.25) is 5.95 Å². The second-order valence-electron chi connectivity index (χ2n) is 7.38. The summed E-state index contributed by atoms with van der Waals surface area (Å²) in [6, 6.07) is 11.5. The van der Waals surface area contributed by atoms with Gasteiger partial charge in [-0.3, -0.25) is 9.69 Å². The van der Waals surface area contributed by atoms with Crippen molar-refractivity contribution in [2.24, 2.45) is 0 Å². The maximum atomic E-state index is 13.1. The molecular formula is C22H19Cl2N5OS. The highest BCUT2D eigenvalue weighted by atomic mass is 35.5. The van der Waals surface area contributed by atoms with Gasteiger partial charge in [0.1, 0.15) is 5.03 Å². The lowest BCUT2D eigenvalue weighted by Gasteiger charge is -2.28. The number of thioether (sulfide) groups is 1. The largest absolute Gasteiger partial charge is 0.324 e. The third-order valence-corrected chi connectivity index (χ3v) is 6.93. The molecule has 2 aromatic carbocycles. The van der Waals surface area contributed by atoms with Crippen LogP contribution in [0.1, 0.15) is 27.9 Å². The van der Waals surface area contributed by atoms with E-state index in [1.54, 1.807) is 29.3 Å². The van der Waals surface area contributed by atoms with Gasteiger partial charge >= 0.3 is 0 Å². The number of fused-ring (bicyclic) bond motifs is 2. The molecule has 0 aliphatic carbocycles. The zero-order chi connectivity index (χ0) is 21.4. The lowest BCUT2D eigenvalue weighted by Crippen LogP contribution is -2.35. The van der Waals surface area contributed by atoms with Crippen LogP contribution in [0.5, 0.6) is 0 Å². The van der Waals surface area contributed by atoms with Crippen molar-refractivity contribution in [2.45, 2.75) is 24.4 Å². The second-order valence-corrected chi connectivity index (χ2v) is 9.13. The van der Waals surface area contributed by atoms with E-state index < -0.39 is 0 Å². The van der Waals surface area contributed by atoms with Gasteiger partial charge in [0.25, 0.3) is 5.91 Å². The summed E-state index contributed by atoms with van der Waals surface area (Å²) in [5, 5.41) is 8.22. The Morgan fingerprint density at radius 3 is 2.81 bits per heavy atom. The number of aromatic nitrogens is 2. The first kappa shape index (κ1) is 20.6. The zero-order valence-corrected chi connectivity index (χ0v) is 18.8.